The minimum atomic E-state index is 0.0175. The third kappa shape index (κ3) is 4.74. The van der Waals surface area contributed by atoms with Gasteiger partial charge in [0.05, 0.1) is 6.61 Å². The monoisotopic (exact) mass is 314 g/mol. The topological polar surface area (TPSA) is 42.4 Å². The van der Waals surface area contributed by atoms with Crippen molar-refractivity contribution in [2.45, 2.75) is 13.8 Å². The molecule has 0 aliphatic heterocycles. The van der Waals surface area contributed by atoms with Gasteiger partial charge < -0.3 is 9.64 Å². The molecule has 0 unspecified atom stereocenters. The number of carbonyl (C=O) groups excluding carboxylic acids is 1. The highest BCUT2D eigenvalue weighted by Gasteiger charge is 2.16. The highest BCUT2D eigenvalue weighted by atomic mass is 79.9. The number of amides is 1. The molecular formula is C13H19BrN2O2. The van der Waals surface area contributed by atoms with E-state index in [2.05, 4.69) is 34.8 Å². The van der Waals surface area contributed by atoms with E-state index < -0.39 is 0 Å². The number of hydrogen-bond acceptors (Lipinski definition) is 3. The van der Waals surface area contributed by atoms with Gasteiger partial charge in [0.2, 0.25) is 0 Å². The Labute approximate surface area is 116 Å². The van der Waals surface area contributed by atoms with Crippen LogP contribution in [0.3, 0.4) is 0 Å². The predicted molar refractivity (Wildman–Crippen MR) is 74.6 cm³/mol. The zero-order valence-corrected chi connectivity index (χ0v) is 12.6. The van der Waals surface area contributed by atoms with Gasteiger partial charge in [-0.1, -0.05) is 13.8 Å². The Morgan fingerprint density at radius 2 is 2.28 bits per heavy atom. The molecule has 1 aromatic heterocycles. The highest BCUT2D eigenvalue weighted by Crippen LogP contribution is 2.12. The van der Waals surface area contributed by atoms with Crippen molar-refractivity contribution in [2.24, 2.45) is 5.92 Å². The van der Waals surface area contributed by atoms with Crippen LogP contribution >= 0.6 is 15.9 Å². The van der Waals surface area contributed by atoms with Crippen LogP contribution in [0.1, 0.15) is 24.2 Å². The van der Waals surface area contributed by atoms with Gasteiger partial charge in [-0.25, -0.2) is 4.98 Å². The molecule has 1 aromatic rings. The van der Waals surface area contributed by atoms with Crippen molar-refractivity contribution in [3.63, 3.8) is 0 Å². The van der Waals surface area contributed by atoms with E-state index in [1.165, 1.54) is 0 Å². The number of methoxy groups -OCH3 is 1. The molecule has 0 aliphatic carbocycles. The average Bonchev–Trinajstić information content (AvgIpc) is 2.33. The quantitative estimate of drug-likeness (QED) is 0.758. The lowest BCUT2D eigenvalue weighted by Crippen LogP contribution is -2.36. The van der Waals surface area contributed by atoms with E-state index in [4.69, 9.17) is 4.74 Å². The molecule has 0 aliphatic rings. The van der Waals surface area contributed by atoms with Gasteiger partial charge in [0.1, 0.15) is 4.60 Å². The van der Waals surface area contributed by atoms with E-state index in [1.807, 2.05) is 4.90 Å². The molecule has 100 valence electrons. The van der Waals surface area contributed by atoms with Crippen LogP contribution in [0.2, 0.25) is 0 Å². The fourth-order valence-electron chi connectivity index (χ4n) is 1.64. The van der Waals surface area contributed by atoms with E-state index in [1.54, 1.807) is 25.4 Å². The fourth-order valence-corrected chi connectivity index (χ4v) is 2.00. The van der Waals surface area contributed by atoms with E-state index >= 15 is 0 Å². The summed E-state index contributed by atoms with van der Waals surface area (Å²) in [5.74, 6) is 0.444. The van der Waals surface area contributed by atoms with Crippen LogP contribution < -0.4 is 0 Å². The number of halogens is 1. The summed E-state index contributed by atoms with van der Waals surface area (Å²) in [4.78, 5) is 18.2. The van der Waals surface area contributed by atoms with Gasteiger partial charge in [-0.3, -0.25) is 4.79 Å². The van der Waals surface area contributed by atoms with E-state index in [9.17, 15) is 4.79 Å². The van der Waals surface area contributed by atoms with Crippen molar-refractivity contribution in [1.82, 2.24) is 9.88 Å². The van der Waals surface area contributed by atoms with E-state index in [-0.39, 0.29) is 5.91 Å². The van der Waals surface area contributed by atoms with Gasteiger partial charge in [0.15, 0.2) is 0 Å². The zero-order chi connectivity index (χ0) is 13.5. The number of aromatic nitrogens is 1. The Balaban J connectivity index is 2.80. The van der Waals surface area contributed by atoms with Crippen LogP contribution in [0.25, 0.3) is 0 Å². The molecule has 0 fully saturated rings. The van der Waals surface area contributed by atoms with Gasteiger partial charge in [-0.2, -0.15) is 0 Å². The van der Waals surface area contributed by atoms with Crippen molar-refractivity contribution in [1.29, 1.82) is 0 Å². The molecule has 0 bridgehead atoms. The summed E-state index contributed by atoms with van der Waals surface area (Å²) < 4.78 is 5.72. The standard InChI is InChI=1S/C13H19BrN2O2/c1-10(2)9-16(6-7-18-3)13(17)11-4-5-15-12(14)8-11/h4-5,8,10H,6-7,9H2,1-3H3. The summed E-state index contributed by atoms with van der Waals surface area (Å²) in [6.45, 7) is 6.06. The third-order valence-electron chi connectivity index (χ3n) is 2.41. The molecule has 0 saturated heterocycles. The minimum absolute atomic E-state index is 0.0175. The second kappa shape index (κ2) is 7.48. The van der Waals surface area contributed by atoms with Crippen molar-refractivity contribution >= 4 is 21.8 Å². The molecule has 4 nitrogen and oxygen atoms in total. The summed E-state index contributed by atoms with van der Waals surface area (Å²) in [5, 5.41) is 0. The van der Waals surface area contributed by atoms with E-state index in [0.29, 0.717) is 29.2 Å². The van der Waals surface area contributed by atoms with Crippen LogP contribution in [-0.2, 0) is 4.74 Å². The lowest BCUT2D eigenvalue weighted by atomic mass is 10.1. The van der Waals surface area contributed by atoms with Crippen molar-refractivity contribution in [2.75, 3.05) is 26.8 Å². The molecule has 5 heteroatoms. The zero-order valence-electron chi connectivity index (χ0n) is 11.0. The second-order valence-corrected chi connectivity index (χ2v) is 5.32. The summed E-state index contributed by atoms with van der Waals surface area (Å²) >= 11 is 3.28. The Morgan fingerprint density at radius 3 is 2.83 bits per heavy atom. The van der Waals surface area contributed by atoms with Gasteiger partial charge in [-0.15, -0.1) is 0 Å². The maximum Gasteiger partial charge on any atom is 0.254 e. The second-order valence-electron chi connectivity index (χ2n) is 4.51. The number of carbonyl (C=O) groups is 1. The summed E-state index contributed by atoms with van der Waals surface area (Å²) in [6.07, 6.45) is 1.63. The van der Waals surface area contributed by atoms with Crippen LogP contribution in [0.4, 0.5) is 0 Å². The summed E-state index contributed by atoms with van der Waals surface area (Å²) in [5.41, 5.74) is 0.647. The van der Waals surface area contributed by atoms with Gasteiger partial charge >= 0.3 is 0 Å². The average molecular weight is 315 g/mol. The molecule has 0 saturated carbocycles. The Morgan fingerprint density at radius 1 is 1.56 bits per heavy atom. The fraction of sp³-hybridized carbons (Fsp3) is 0.538. The lowest BCUT2D eigenvalue weighted by molar-refractivity contribution is 0.0672. The Hall–Kier alpha value is -0.940. The smallest absolute Gasteiger partial charge is 0.254 e. The Bertz CT molecular complexity index is 396. The van der Waals surface area contributed by atoms with Crippen LogP contribution in [0, 0.1) is 5.92 Å². The molecule has 0 radical (unpaired) electrons. The first-order chi connectivity index (χ1) is 8.54. The number of hydrogen-bond donors (Lipinski definition) is 0. The van der Waals surface area contributed by atoms with Crippen LogP contribution in [0.5, 0.6) is 0 Å². The first kappa shape index (κ1) is 15.1. The van der Waals surface area contributed by atoms with Gasteiger partial charge in [0.25, 0.3) is 5.91 Å². The van der Waals surface area contributed by atoms with Crippen molar-refractivity contribution in [3.05, 3.63) is 28.5 Å². The molecule has 0 spiro atoms. The molecule has 0 N–H and O–H groups in total. The van der Waals surface area contributed by atoms with E-state index in [0.717, 1.165) is 6.54 Å². The predicted octanol–water partition coefficient (Wildman–Crippen LogP) is 2.59. The number of nitrogens with zero attached hydrogens (tertiary/aromatic N) is 2. The maximum absolute atomic E-state index is 12.4. The SMILES string of the molecule is COCCN(CC(C)C)C(=O)c1ccnc(Br)c1. The number of rotatable bonds is 6. The van der Waals surface area contributed by atoms with Crippen LogP contribution in [0.15, 0.2) is 22.9 Å². The largest absolute Gasteiger partial charge is 0.383 e. The van der Waals surface area contributed by atoms with Crippen molar-refractivity contribution in [3.8, 4) is 0 Å². The summed E-state index contributed by atoms with van der Waals surface area (Å²) in [7, 11) is 1.64. The van der Waals surface area contributed by atoms with Crippen molar-refractivity contribution < 1.29 is 9.53 Å². The Kier molecular flexibility index (Phi) is 6.29. The lowest BCUT2D eigenvalue weighted by Gasteiger charge is -2.24. The minimum Gasteiger partial charge on any atom is -0.383 e. The number of ether oxygens (including phenoxy) is 1. The molecule has 0 aromatic carbocycles. The maximum atomic E-state index is 12.4. The number of pyridine rings is 1. The normalized spacial score (nSPS) is 10.7. The molecule has 1 heterocycles. The summed E-state index contributed by atoms with van der Waals surface area (Å²) in [6, 6.07) is 3.47. The first-order valence-corrected chi connectivity index (χ1v) is 6.73. The molecule has 1 amide bonds. The van der Waals surface area contributed by atoms with Gasteiger partial charge in [0, 0.05) is 32.0 Å². The molecule has 1 rings (SSSR count). The first-order valence-electron chi connectivity index (χ1n) is 5.94. The van der Waals surface area contributed by atoms with Crippen LogP contribution in [-0.4, -0.2) is 42.6 Å². The molecule has 0 atom stereocenters. The highest BCUT2D eigenvalue weighted by molar-refractivity contribution is 9.10. The third-order valence-corrected chi connectivity index (χ3v) is 2.85. The molecule has 18 heavy (non-hydrogen) atoms. The van der Waals surface area contributed by atoms with Gasteiger partial charge in [-0.05, 0) is 34.0 Å². The molecular weight excluding hydrogens is 296 g/mol.